The van der Waals surface area contributed by atoms with Crippen LogP contribution >= 0.6 is 0 Å². The molecule has 2 aliphatic rings. The predicted molar refractivity (Wildman–Crippen MR) is 83.7 cm³/mol. The van der Waals surface area contributed by atoms with Gasteiger partial charge in [-0.15, -0.1) is 0 Å². The summed E-state index contributed by atoms with van der Waals surface area (Å²) < 4.78 is 5.67. The van der Waals surface area contributed by atoms with Crippen molar-refractivity contribution in [2.75, 3.05) is 25.0 Å². The Kier molecular flexibility index (Phi) is 4.43. The lowest BCUT2D eigenvalue weighted by Gasteiger charge is -2.36. The number of ether oxygens (including phenoxy) is 1. The minimum Gasteiger partial charge on any atom is -0.377 e. The number of likely N-dealkylation sites (tertiary alicyclic amines) is 1. The number of rotatable bonds is 3. The van der Waals surface area contributed by atoms with E-state index in [1.807, 2.05) is 36.1 Å². The first-order chi connectivity index (χ1) is 10.7. The van der Waals surface area contributed by atoms with Gasteiger partial charge in [-0.1, -0.05) is 18.2 Å². The zero-order chi connectivity index (χ0) is 15.5. The van der Waals surface area contributed by atoms with Gasteiger partial charge in [0.25, 0.3) is 0 Å². The molecule has 0 saturated carbocycles. The van der Waals surface area contributed by atoms with Crippen molar-refractivity contribution in [1.29, 1.82) is 0 Å². The number of fused-ring (bicyclic) bond motifs is 1. The van der Waals surface area contributed by atoms with Gasteiger partial charge in [-0.3, -0.25) is 9.59 Å². The van der Waals surface area contributed by atoms with Crippen LogP contribution in [0, 0.1) is 0 Å². The van der Waals surface area contributed by atoms with Crippen LogP contribution < -0.4 is 5.32 Å². The molecule has 118 valence electrons. The lowest BCUT2D eigenvalue weighted by molar-refractivity contribution is -0.138. The second kappa shape index (κ2) is 6.48. The molecule has 2 atom stereocenters. The Labute approximate surface area is 130 Å². The summed E-state index contributed by atoms with van der Waals surface area (Å²) in [6.45, 7) is 4.03. The fourth-order valence-electron chi connectivity index (χ4n) is 3.36. The van der Waals surface area contributed by atoms with E-state index in [-0.39, 0.29) is 30.3 Å². The zero-order valence-corrected chi connectivity index (χ0v) is 12.9. The summed E-state index contributed by atoms with van der Waals surface area (Å²) in [5.74, 6) is -0.410. The third-order valence-electron chi connectivity index (χ3n) is 4.39. The van der Waals surface area contributed by atoms with E-state index in [2.05, 4.69) is 5.32 Å². The summed E-state index contributed by atoms with van der Waals surface area (Å²) in [7, 11) is 0. The van der Waals surface area contributed by atoms with E-state index >= 15 is 0 Å². The Morgan fingerprint density at radius 3 is 3.05 bits per heavy atom. The summed E-state index contributed by atoms with van der Waals surface area (Å²) in [6, 6.07) is 7.57. The molecule has 0 aliphatic carbocycles. The van der Waals surface area contributed by atoms with Gasteiger partial charge in [0.2, 0.25) is 11.8 Å². The molecule has 0 unspecified atom stereocenters. The van der Waals surface area contributed by atoms with Crippen molar-refractivity contribution < 1.29 is 14.3 Å². The van der Waals surface area contributed by atoms with E-state index in [1.54, 1.807) is 0 Å². The van der Waals surface area contributed by atoms with Crippen molar-refractivity contribution in [2.24, 2.45) is 0 Å². The van der Waals surface area contributed by atoms with Crippen molar-refractivity contribution in [3.05, 3.63) is 29.8 Å². The Morgan fingerprint density at radius 2 is 2.23 bits per heavy atom. The van der Waals surface area contributed by atoms with Crippen LogP contribution in [-0.2, 0) is 14.3 Å². The number of nitrogens with zero attached hydrogens (tertiary/aromatic N) is 1. The van der Waals surface area contributed by atoms with Crippen molar-refractivity contribution in [3.63, 3.8) is 0 Å². The number of piperidine rings is 1. The molecule has 1 saturated heterocycles. The molecule has 5 nitrogen and oxygen atoms in total. The van der Waals surface area contributed by atoms with E-state index in [0.717, 1.165) is 30.6 Å². The molecule has 1 aromatic rings. The SMILES string of the molecule is CCO[C@@H]1CCCN(C(=O)[C@@H]2CC(=O)Nc3ccccc32)C1. The minimum absolute atomic E-state index is 0.0479. The molecule has 22 heavy (non-hydrogen) atoms. The molecule has 3 rings (SSSR count). The molecule has 0 aromatic heterocycles. The van der Waals surface area contributed by atoms with E-state index in [0.29, 0.717) is 13.2 Å². The van der Waals surface area contributed by atoms with Crippen molar-refractivity contribution in [1.82, 2.24) is 4.90 Å². The van der Waals surface area contributed by atoms with Crippen LogP contribution in [0.4, 0.5) is 5.69 Å². The summed E-state index contributed by atoms with van der Waals surface area (Å²) >= 11 is 0. The van der Waals surface area contributed by atoms with Crippen molar-refractivity contribution in [2.45, 2.75) is 38.2 Å². The first kappa shape index (κ1) is 15.0. The summed E-state index contributed by atoms with van der Waals surface area (Å²) in [4.78, 5) is 26.7. The topological polar surface area (TPSA) is 58.6 Å². The molecule has 1 fully saturated rings. The molecule has 2 heterocycles. The molecule has 0 radical (unpaired) electrons. The highest BCUT2D eigenvalue weighted by Crippen LogP contribution is 2.34. The van der Waals surface area contributed by atoms with Crippen LogP contribution in [0.25, 0.3) is 0 Å². The van der Waals surface area contributed by atoms with Crippen LogP contribution in [0.3, 0.4) is 0 Å². The summed E-state index contributed by atoms with van der Waals surface area (Å²) in [6.07, 6.45) is 2.30. The van der Waals surface area contributed by atoms with Gasteiger partial charge in [-0.25, -0.2) is 0 Å². The Bertz CT molecular complexity index is 571. The number of nitrogens with one attached hydrogen (secondary N) is 1. The second-order valence-electron chi connectivity index (χ2n) is 5.90. The van der Waals surface area contributed by atoms with Gasteiger partial charge in [0.05, 0.1) is 12.0 Å². The van der Waals surface area contributed by atoms with Crippen LogP contribution in [-0.4, -0.2) is 42.5 Å². The molecular formula is C17H22N2O3. The Morgan fingerprint density at radius 1 is 1.41 bits per heavy atom. The minimum atomic E-state index is -0.370. The quantitative estimate of drug-likeness (QED) is 0.930. The van der Waals surface area contributed by atoms with Gasteiger partial charge < -0.3 is 15.0 Å². The van der Waals surface area contributed by atoms with Gasteiger partial charge in [0, 0.05) is 31.8 Å². The number of anilines is 1. The summed E-state index contributed by atoms with van der Waals surface area (Å²) in [5, 5.41) is 2.84. The molecule has 1 aromatic carbocycles. The van der Waals surface area contributed by atoms with Crippen LogP contribution in [0.2, 0.25) is 0 Å². The maximum atomic E-state index is 12.9. The summed E-state index contributed by atoms with van der Waals surface area (Å²) in [5.41, 5.74) is 1.68. The lowest BCUT2D eigenvalue weighted by Crippen LogP contribution is -2.46. The third-order valence-corrected chi connectivity index (χ3v) is 4.39. The molecule has 0 bridgehead atoms. The monoisotopic (exact) mass is 302 g/mol. The van der Waals surface area contributed by atoms with Crippen molar-refractivity contribution in [3.8, 4) is 0 Å². The molecule has 2 aliphatic heterocycles. The zero-order valence-electron chi connectivity index (χ0n) is 12.9. The van der Waals surface area contributed by atoms with Gasteiger partial charge in [-0.05, 0) is 31.4 Å². The molecule has 1 N–H and O–H groups in total. The molecule has 2 amide bonds. The lowest BCUT2D eigenvalue weighted by atomic mass is 9.88. The van der Waals surface area contributed by atoms with Crippen LogP contribution in [0.15, 0.2) is 24.3 Å². The highest BCUT2D eigenvalue weighted by molar-refractivity contribution is 6.01. The average Bonchev–Trinajstić information content (AvgIpc) is 2.54. The molecule has 5 heteroatoms. The highest BCUT2D eigenvalue weighted by Gasteiger charge is 2.35. The third kappa shape index (κ3) is 2.99. The van der Waals surface area contributed by atoms with E-state index in [1.165, 1.54) is 0 Å². The van der Waals surface area contributed by atoms with E-state index in [9.17, 15) is 9.59 Å². The van der Waals surface area contributed by atoms with E-state index in [4.69, 9.17) is 4.74 Å². The fourth-order valence-corrected chi connectivity index (χ4v) is 3.36. The van der Waals surface area contributed by atoms with Crippen LogP contribution in [0.1, 0.15) is 37.7 Å². The number of benzene rings is 1. The smallest absolute Gasteiger partial charge is 0.230 e. The highest BCUT2D eigenvalue weighted by atomic mass is 16.5. The second-order valence-corrected chi connectivity index (χ2v) is 5.90. The van der Waals surface area contributed by atoms with Crippen molar-refractivity contribution >= 4 is 17.5 Å². The predicted octanol–water partition coefficient (Wildman–Crippen LogP) is 2.14. The van der Waals surface area contributed by atoms with Gasteiger partial charge in [0.1, 0.15) is 0 Å². The number of para-hydroxylation sites is 1. The standard InChI is InChI=1S/C17H22N2O3/c1-2-22-12-6-5-9-19(11-12)17(21)14-10-16(20)18-15-8-4-3-7-13(14)15/h3-4,7-8,12,14H,2,5-6,9-11H2,1H3,(H,18,20)/t12-,14-/m1/s1. The van der Waals surface area contributed by atoms with Gasteiger partial charge in [-0.2, -0.15) is 0 Å². The number of amides is 2. The number of hydrogen-bond acceptors (Lipinski definition) is 3. The number of carbonyl (C=O) groups is 2. The van der Waals surface area contributed by atoms with E-state index < -0.39 is 0 Å². The van der Waals surface area contributed by atoms with Crippen LogP contribution in [0.5, 0.6) is 0 Å². The number of hydrogen-bond donors (Lipinski definition) is 1. The Balaban J connectivity index is 1.78. The first-order valence-corrected chi connectivity index (χ1v) is 7.98. The number of carbonyl (C=O) groups excluding carboxylic acids is 2. The normalized spacial score (nSPS) is 24.6. The maximum absolute atomic E-state index is 12.9. The van der Waals surface area contributed by atoms with Gasteiger partial charge >= 0.3 is 0 Å². The first-order valence-electron chi connectivity index (χ1n) is 7.98. The largest absolute Gasteiger partial charge is 0.377 e. The Hall–Kier alpha value is -1.88. The maximum Gasteiger partial charge on any atom is 0.230 e. The molecular weight excluding hydrogens is 280 g/mol. The fraction of sp³-hybridized carbons (Fsp3) is 0.529. The molecule has 0 spiro atoms. The average molecular weight is 302 g/mol. The van der Waals surface area contributed by atoms with Gasteiger partial charge in [0.15, 0.2) is 0 Å².